The first-order chi connectivity index (χ1) is 12.4. The van der Waals surface area contributed by atoms with Gasteiger partial charge in [0.2, 0.25) is 10.0 Å². The number of carbonyl (C=O) groups is 1. The lowest BCUT2D eigenvalue weighted by atomic mass is 10.2. The van der Waals surface area contributed by atoms with E-state index in [2.05, 4.69) is 15.1 Å². The molecule has 1 aliphatic carbocycles. The molecule has 0 unspecified atom stereocenters. The van der Waals surface area contributed by atoms with Gasteiger partial charge in [0.1, 0.15) is 5.82 Å². The standard InChI is InChI=1S/C18H24N4O3S/c1-13(2)21-26(24,25)16-9-7-14(8-10-16)18(23)20-17-11-12-19-22(17)15-5-3-4-6-15/h7-13,15,21H,3-6H2,1-2H3,(H,20,23). The number of benzene rings is 1. The average Bonchev–Trinajstić information content (AvgIpc) is 3.24. The molecule has 0 aliphatic heterocycles. The van der Waals surface area contributed by atoms with E-state index in [0.717, 1.165) is 12.8 Å². The van der Waals surface area contributed by atoms with Gasteiger partial charge in [-0.2, -0.15) is 5.10 Å². The fraction of sp³-hybridized carbons (Fsp3) is 0.444. The van der Waals surface area contributed by atoms with Crippen molar-refractivity contribution in [3.05, 3.63) is 42.1 Å². The summed E-state index contributed by atoms with van der Waals surface area (Å²) in [6.45, 7) is 3.51. The number of amides is 1. The number of anilines is 1. The molecule has 0 spiro atoms. The molecule has 0 atom stereocenters. The molecular formula is C18H24N4O3S. The van der Waals surface area contributed by atoms with Crippen molar-refractivity contribution in [2.45, 2.75) is 56.5 Å². The highest BCUT2D eigenvalue weighted by molar-refractivity contribution is 7.89. The first-order valence-electron chi connectivity index (χ1n) is 8.84. The molecule has 2 aromatic rings. The average molecular weight is 376 g/mol. The molecule has 1 heterocycles. The number of hydrogen-bond acceptors (Lipinski definition) is 4. The van der Waals surface area contributed by atoms with Gasteiger partial charge >= 0.3 is 0 Å². The summed E-state index contributed by atoms with van der Waals surface area (Å²) in [5.41, 5.74) is 0.396. The first kappa shape index (κ1) is 18.6. The fourth-order valence-corrected chi connectivity index (χ4v) is 4.46. The maximum atomic E-state index is 12.5. The van der Waals surface area contributed by atoms with Crippen LogP contribution in [-0.2, 0) is 10.0 Å². The van der Waals surface area contributed by atoms with Gasteiger partial charge in [-0.25, -0.2) is 17.8 Å². The third kappa shape index (κ3) is 4.13. The summed E-state index contributed by atoms with van der Waals surface area (Å²) >= 11 is 0. The van der Waals surface area contributed by atoms with E-state index >= 15 is 0 Å². The summed E-state index contributed by atoms with van der Waals surface area (Å²) in [5, 5.41) is 7.20. The van der Waals surface area contributed by atoms with E-state index in [0.29, 0.717) is 17.4 Å². The Balaban J connectivity index is 1.72. The molecule has 1 aromatic carbocycles. The van der Waals surface area contributed by atoms with Crippen LogP contribution in [0.3, 0.4) is 0 Å². The van der Waals surface area contributed by atoms with Gasteiger partial charge in [-0.1, -0.05) is 12.8 Å². The first-order valence-corrected chi connectivity index (χ1v) is 10.3. The molecule has 140 valence electrons. The highest BCUT2D eigenvalue weighted by Crippen LogP contribution is 2.31. The lowest BCUT2D eigenvalue weighted by Crippen LogP contribution is -2.30. The van der Waals surface area contributed by atoms with Gasteiger partial charge < -0.3 is 5.32 Å². The van der Waals surface area contributed by atoms with Crippen molar-refractivity contribution in [3.8, 4) is 0 Å². The summed E-state index contributed by atoms with van der Waals surface area (Å²) in [4.78, 5) is 12.6. The maximum absolute atomic E-state index is 12.5. The summed E-state index contributed by atoms with van der Waals surface area (Å²) in [6, 6.07) is 7.82. The van der Waals surface area contributed by atoms with Crippen molar-refractivity contribution < 1.29 is 13.2 Å². The van der Waals surface area contributed by atoms with Crippen molar-refractivity contribution in [2.24, 2.45) is 0 Å². The lowest BCUT2D eigenvalue weighted by Gasteiger charge is -2.15. The van der Waals surface area contributed by atoms with E-state index in [4.69, 9.17) is 0 Å². The number of rotatable bonds is 6. The van der Waals surface area contributed by atoms with Crippen molar-refractivity contribution >= 4 is 21.7 Å². The number of hydrogen-bond donors (Lipinski definition) is 2. The Kier molecular flexibility index (Phi) is 5.43. The van der Waals surface area contributed by atoms with Crippen molar-refractivity contribution in [1.82, 2.24) is 14.5 Å². The zero-order valence-corrected chi connectivity index (χ0v) is 15.8. The van der Waals surface area contributed by atoms with Gasteiger partial charge in [-0.05, 0) is 51.0 Å². The van der Waals surface area contributed by atoms with Crippen LogP contribution in [0.15, 0.2) is 41.4 Å². The van der Waals surface area contributed by atoms with Gasteiger partial charge in [0.05, 0.1) is 17.1 Å². The topological polar surface area (TPSA) is 93.1 Å². The highest BCUT2D eigenvalue weighted by atomic mass is 32.2. The molecule has 0 saturated heterocycles. The zero-order valence-electron chi connectivity index (χ0n) is 15.0. The van der Waals surface area contributed by atoms with Crippen LogP contribution in [-0.4, -0.2) is 30.1 Å². The molecule has 1 aromatic heterocycles. The highest BCUT2D eigenvalue weighted by Gasteiger charge is 2.21. The molecule has 7 nitrogen and oxygen atoms in total. The Morgan fingerprint density at radius 2 is 1.81 bits per heavy atom. The van der Waals surface area contributed by atoms with Gasteiger partial charge in [-0.15, -0.1) is 0 Å². The predicted molar refractivity (Wildman–Crippen MR) is 99.6 cm³/mol. The van der Waals surface area contributed by atoms with Gasteiger partial charge in [-0.3, -0.25) is 4.79 Å². The van der Waals surface area contributed by atoms with E-state index in [1.54, 1.807) is 26.1 Å². The summed E-state index contributed by atoms with van der Waals surface area (Å²) in [7, 11) is -3.57. The normalized spacial score (nSPS) is 15.5. The van der Waals surface area contributed by atoms with Gasteiger partial charge in [0.15, 0.2) is 0 Å². The van der Waals surface area contributed by atoms with Crippen LogP contribution in [0.25, 0.3) is 0 Å². The Morgan fingerprint density at radius 3 is 2.42 bits per heavy atom. The second-order valence-corrected chi connectivity index (χ2v) is 8.57. The number of carbonyl (C=O) groups excluding carboxylic acids is 1. The SMILES string of the molecule is CC(C)NS(=O)(=O)c1ccc(C(=O)Nc2ccnn2C2CCCC2)cc1. The van der Waals surface area contributed by atoms with Crippen LogP contribution in [0.5, 0.6) is 0 Å². The molecule has 1 fully saturated rings. The molecular weight excluding hydrogens is 352 g/mol. The molecule has 3 rings (SSSR count). The summed E-state index contributed by atoms with van der Waals surface area (Å²) in [6.07, 6.45) is 6.18. The van der Waals surface area contributed by atoms with Crippen LogP contribution in [0, 0.1) is 0 Å². The Morgan fingerprint density at radius 1 is 1.15 bits per heavy atom. The minimum absolute atomic E-state index is 0.138. The van der Waals surface area contributed by atoms with Gasteiger partial charge in [0.25, 0.3) is 5.91 Å². The molecule has 1 amide bonds. The predicted octanol–water partition coefficient (Wildman–Crippen LogP) is 2.94. The number of sulfonamides is 1. The summed E-state index contributed by atoms with van der Waals surface area (Å²) < 4.78 is 28.7. The van der Waals surface area contributed by atoms with E-state index in [-0.39, 0.29) is 16.8 Å². The Hall–Kier alpha value is -2.19. The quantitative estimate of drug-likeness (QED) is 0.811. The number of aromatic nitrogens is 2. The molecule has 8 heteroatoms. The van der Waals surface area contributed by atoms with Crippen molar-refractivity contribution in [3.63, 3.8) is 0 Å². The smallest absolute Gasteiger partial charge is 0.256 e. The van der Waals surface area contributed by atoms with Crippen molar-refractivity contribution in [2.75, 3.05) is 5.32 Å². The fourth-order valence-electron chi connectivity index (χ4n) is 3.21. The van der Waals surface area contributed by atoms with Crippen LogP contribution >= 0.6 is 0 Å². The molecule has 1 aliphatic rings. The largest absolute Gasteiger partial charge is 0.307 e. The Bertz CT molecular complexity index is 866. The molecule has 2 N–H and O–H groups in total. The zero-order chi connectivity index (χ0) is 18.7. The molecule has 26 heavy (non-hydrogen) atoms. The van der Waals surface area contributed by atoms with E-state index in [9.17, 15) is 13.2 Å². The van der Waals surface area contributed by atoms with Gasteiger partial charge in [0, 0.05) is 17.7 Å². The second-order valence-electron chi connectivity index (χ2n) is 6.85. The van der Waals surface area contributed by atoms with E-state index in [1.807, 2.05) is 4.68 Å². The van der Waals surface area contributed by atoms with E-state index < -0.39 is 10.0 Å². The number of nitrogens with one attached hydrogen (secondary N) is 2. The molecule has 1 saturated carbocycles. The molecule has 0 bridgehead atoms. The third-order valence-corrected chi connectivity index (χ3v) is 6.07. The van der Waals surface area contributed by atoms with Crippen LogP contribution in [0.1, 0.15) is 55.9 Å². The minimum Gasteiger partial charge on any atom is -0.307 e. The van der Waals surface area contributed by atoms with Crippen LogP contribution in [0.4, 0.5) is 5.82 Å². The van der Waals surface area contributed by atoms with E-state index in [1.165, 1.54) is 37.1 Å². The summed E-state index contributed by atoms with van der Waals surface area (Å²) in [5.74, 6) is 0.380. The van der Waals surface area contributed by atoms with Crippen LogP contribution < -0.4 is 10.0 Å². The lowest BCUT2D eigenvalue weighted by molar-refractivity contribution is 0.102. The van der Waals surface area contributed by atoms with Crippen LogP contribution in [0.2, 0.25) is 0 Å². The second kappa shape index (κ2) is 7.59. The third-order valence-electron chi connectivity index (χ3n) is 4.40. The maximum Gasteiger partial charge on any atom is 0.256 e. The number of nitrogens with zero attached hydrogens (tertiary/aromatic N) is 2. The minimum atomic E-state index is -3.57. The Labute approximate surface area is 153 Å². The van der Waals surface area contributed by atoms with Crippen molar-refractivity contribution in [1.29, 1.82) is 0 Å². The monoisotopic (exact) mass is 376 g/mol. The molecule has 0 radical (unpaired) electrons.